The molecular formula is C19H19FO2S3. The number of thiocarbonyl (C=S) groups is 1. The van der Waals surface area contributed by atoms with Crippen molar-refractivity contribution in [3.05, 3.63) is 59.9 Å². The van der Waals surface area contributed by atoms with Gasteiger partial charge in [-0.05, 0) is 62.7 Å². The first kappa shape index (κ1) is 19.9. The maximum absolute atomic E-state index is 12.9. The van der Waals surface area contributed by atoms with Crippen molar-refractivity contribution in [2.24, 2.45) is 5.41 Å². The van der Waals surface area contributed by atoms with Crippen LogP contribution in [0.25, 0.3) is 0 Å². The summed E-state index contributed by atoms with van der Waals surface area (Å²) in [4.78, 5) is 12.8. The maximum atomic E-state index is 12.9. The summed E-state index contributed by atoms with van der Waals surface area (Å²) >= 11 is 8.34. The molecule has 0 unspecified atom stereocenters. The van der Waals surface area contributed by atoms with Gasteiger partial charge in [-0.15, -0.1) is 11.8 Å². The van der Waals surface area contributed by atoms with E-state index in [0.717, 1.165) is 19.7 Å². The topological polar surface area (TPSA) is 26.3 Å². The molecule has 0 fully saturated rings. The van der Waals surface area contributed by atoms with Crippen LogP contribution in [0.3, 0.4) is 0 Å². The normalized spacial score (nSPS) is 11.2. The maximum Gasteiger partial charge on any atom is 0.316 e. The fourth-order valence-corrected chi connectivity index (χ4v) is 3.79. The van der Waals surface area contributed by atoms with Crippen LogP contribution >= 0.6 is 35.7 Å². The molecule has 0 amide bonds. The van der Waals surface area contributed by atoms with Gasteiger partial charge in [-0.25, -0.2) is 4.39 Å². The number of esters is 1. The van der Waals surface area contributed by atoms with Crippen molar-refractivity contribution in [1.29, 1.82) is 0 Å². The lowest BCUT2D eigenvalue weighted by Gasteiger charge is -2.16. The monoisotopic (exact) mass is 394 g/mol. The Kier molecular flexibility index (Phi) is 7.04. The van der Waals surface area contributed by atoms with Gasteiger partial charge in [-0.2, -0.15) is 0 Å². The van der Waals surface area contributed by atoms with Crippen molar-refractivity contribution in [2.75, 3.05) is 0 Å². The Balaban J connectivity index is 1.83. The number of carbonyl (C=O) groups excluding carboxylic acids is 1. The molecule has 0 aliphatic heterocycles. The van der Waals surface area contributed by atoms with Crippen LogP contribution in [0.2, 0.25) is 0 Å². The van der Waals surface area contributed by atoms with Crippen molar-refractivity contribution >= 4 is 45.2 Å². The molecule has 6 heteroatoms. The Hall–Kier alpha value is -1.37. The number of halogens is 1. The molecule has 0 radical (unpaired) electrons. The van der Waals surface area contributed by atoms with Crippen LogP contribution in [-0.2, 0) is 10.5 Å². The number of benzene rings is 2. The molecule has 2 nitrogen and oxygen atoms in total. The fraction of sp³-hybridized carbons (Fsp3) is 0.263. The minimum Gasteiger partial charge on any atom is -0.426 e. The smallest absolute Gasteiger partial charge is 0.316 e. The predicted octanol–water partition coefficient (Wildman–Crippen LogP) is 6.09. The zero-order chi connectivity index (χ0) is 18.4. The predicted molar refractivity (Wildman–Crippen MR) is 108 cm³/mol. The standard InChI is InChI=1S/C19H19FO2S3/c1-19(2,3)17(21)22-15-8-4-13(5-9-15)12-24-18(23)25-16-10-6-14(20)7-11-16/h4-11H,12H2,1-3H3. The van der Waals surface area contributed by atoms with Crippen LogP contribution in [-0.4, -0.2) is 9.50 Å². The molecule has 0 spiro atoms. The molecular weight excluding hydrogens is 375 g/mol. The van der Waals surface area contributed by atoms with Crippen LogP contribution < -0.4 is 4.74 Å². The molecule has 0 N–H and O–H groups in total. The van der Waals surface area contributed by atoms with E-state index in [1.54, 1.807) is 36.0 Å². The third-order valence-electron chi connectivity index (χ3n) is 3.12. The van der Waals surface area contributed by atoms with Crippen molar-refractivity contribution in [3.63, 3.8) is 0 Å². The Morgan fingerprint density at radius 3 is 2.24 bits per heavy atom. The van der Waals surface area contributed by atoms with Crippen LogP contribution in [0, 0.1) is 11.2 Å². The lowest BCUT2D eigenvalue weighted by atomic mass is 9.97. The minimum atomic E-state index is -0.529. The molecule has 132 valence electrons. The molecule has 2 aromatic carbocycles. The lowest BCUT2D eigenvalue weighted by Crippen LogP contribution is -2.25. The van der Waals surface area contributed by atoms with Gasteiger partial charge in [-0.3, -0.25) is 4.79 Å². The summed E-state index contributed by atoms with van der Waals surface area (Å²) in [5, 5.41) is 0. The molecule has 0 heterocycles. The molecule has 2 aromatic rings. The molecule has 2 rings (SSSR count). The van der Waals surface area contributed by atoms with Gasteiger partial charge < -0.3 is 4.74 Å². The second-order valence-corrected chi connectivity index (χ2v) is 9.63. The molecule has 0 aliphatic rings. The minimum absolute atomic E-state index is 0.254. The van der Waals surface area contributed by atoms with E-state index in [1.807, 2.05) is 32.9 Å². The van der Waals surface area contributed by atoms with Gasteiger partial charge in [0.2, 0.25) is 0 Å². The average Bonchev–Trinajstić information content (AvgIpc) is 2.55. The van der Waals surface area contributed by atoms with Gasteiger partial charge in [0.25, 0.3) is 0 Å². The third-order valence-corrected chi connectivity index (χ3v) is 5.71. The highest BCUT2D eigenvalue weighted by Crippen LogP contribution is 2.29. The summed E-state index contributed by atoms with van der Waals surface area (Å²) in [5.74, 6) is 0.749. The number of carbonyl (C=O) groups is 1. The summed E-state index contributed by atoms with van der Waals surface area (Å²) in [5.41, 5.74) is 0.556. The molecule has 25 heavy (non-hydrogen) atoms. The van der Waals surface area contributed by atoms with Gasteiger partial charge in [0, 0.05) is 10.6 Å². The zero-order valence-electron chi connectivity index (χ0n) is 14.2. The molecule has 0 aromatic heterocycles. The highest BCUT2D eigenvalue weighted by molar-refractivity contribution is 8.46. The first-order valence-corrected chi connectivity index (χ1v) is 9.86. The van der Waals surface area contributed by atoms with E-state index < -0.39 is 5.41 Å². The van der Waals surface area contributed by atoms with Crippen molar-refractivity contribution < 1.29 is 13.9 Å². The largest absolute Gasteiger partial charge is 0.426 e. The van der Waals surface area contributed by atoms with Crippen LogP contribution in [0.4, 0.5) is 4.39 Å². The number of hydrogen-bond donors (Lipinski definition) is 0. The molecule has 0 aliphatic carbocycles. The number of rotatable bonds is 4. The van der Waals surface area contributed by atoms with Crippen LogP contribution in [0.1, 0.15) is 26.3 Å². The van der Waals surface area contributed by atoms with E-state index >= 15 is 0 Å². The van der Waals surface area contributed by atoms with E-state index in [1.165, 1.54) is 23.9 Å². The Morgan fingerprint density at radius 2 is 1.68 bits per heavy atom. The van der Waals surface area contributed by atoms with Crippen molar-refractivity contribution in [1.82, 2.24) is 0 Å². The number of hydrogen-bond acceptors (Lipinski definition) is 5. The first-order chi connectivity index (χ1) is 11.7. The summed E-state index contributed by atoms with van der Waals surface area (Å²) in [6.45, 7) is 5.46. The van der Waals surface area contributed by atoms with E-state index in [4.69, 9.17) is 17.0 Å². The third kappa shape index (κ3) is 6.80. The quantitative estimate of drug-likeness (QED) is 0.271. The highest BCUT2D eigenvalue weighted by atomic mass is 32.2. The molecule has 0 atom stereocenters. The summed E-state index contributed by atoms with van der Waals surface area (Å²) in [7, 11) is 0. The SMILES string of the molecule is CC(C)(C)C(=O)Oc1ccc(CSC(=S)Sc2ccc(F)cc2)cc1. The Bertz CT molecular complexity index is 735. The second kappa shape index (κ2) is 8.83. The number of ether oxygens (including phenoxy) is 1. The van der Waals surface area contributed by atoms with Gasteiger partial charge in [0.05, 0.1) is 5.41 Å². The van der Waals surface area contributed by atoms with Gasteiger partial charge in [0.15, 0.2) is 0 Å². The zero-order valence-corrected chi connectivity index (χ0v) is 16.7. The summed E-state index contributed by atoms with van der Waals surface area (Å²) in [6, 6.07) is 13.7. The first-order valence-electron chi connectivity index (χ1n) is 7.65. The average molecular weight is 395 g/mol. The van der Waals surface area contributed by atoms with E-state index in [2.05, 4.69) is 0 Å². The lowest BCUT2D eigenvalue weighted by molar-refractivity contribution is -0.142. The van der Waals surface area contributed by atoms with Gasteiger partial charge in [-0.1, -0.05) is 36.1 Å². The fourth-order valence-electron chi connectivity index (χ4n) is 1.68. The molecule has 0 saturated heterocycles. The Morgan fingerprint density at radius 1 is 1.08 bits per heavy atom. The summed E-state index contributed by atoms with van der Waals surface area (Å²) in [6.07, 6.45) is 0. The van der Waals surface area contributed by atoms with E-state index in [0.29, 0.717) is 5.75 Å². The molecule has 0 saturated carbocycles. The highest BCUT2D eigenvalue weighted by Gasteiger charge is 2.23. The van der Waals surface area contributed by atoms with Crippen molar-refractivity contribution in [2.45, 2.75) is 31.4 Å². The molecule has 0 bridgehead atoms. The van der Waals surface area contributed by atoms with Crippen molar-refractivity contribution in [3.8, 4) is 5.75 Å². The second-order valence-electron chi connectivity index (χ2n) is 6.38. The van der Waals surface area contributed by atoms with Crippen LogP contribution in [0.5, 0.6) is 5.75 Å². The van der Waals surface area contributed by atoms with E-state index in [9.17, 15) is 9.18 Å². The summed E-state index contributed by atoms with van der Waals surface area (Å²) < 4.78 is 19.0. The van der Waals surface area contributed by atoms with Crippen LogP contribution in [0.15, 0.2) is 53.4 Å². The van der Waals surface area contributed by atoms with E-state index in [-0.39, 0.29) is 11.8 Å². The van der Waals surface area contributed by atoms with Gasteiger partial charge in [0.1, 0.15) is 15.1 Å². The van der Waals surface area contributed by atoms with Gasteiger partial charge >= 0.3 is 5.97 Å². The number of thioether (sulfide) groups is 2. The Labute approximate surface area is 161 Å².